The zero-order chi connectivity index (χ0) is 17.5. The molecule has 0 radical (unpaired) electrons. The van der Waals surface area contributed by atoms with E-state index < -0.39 is 6.10 Å². The molecule has 126 valence electrons. The van der Waals surface area contributed by atoms with Crippen molar-refractivity contribution in [3.63, 3.8) is 0 Å². The van der Waals surface area contributed by atoms with Crippen molar-refractivity contribution in [3.8, 4) is 5.75 Å². The molecule has 1 aliphatic heterocycles. The van der Waals surface area contributed by atoms with Gasteiger partial charge in [0, 0.05) is 21.5 Å². The normalized spacial score (nSPS) is 17.5. The van der Waals surface area contributed by atoms with E-state index in [0.717, 1.165) is 11.3 Å². The number of hydrogen-bond acceptors (Lipinski definition) is 2. The smallest absolute Gasteiger partial charge is 0.269 e. The van der Waals surface area contributed by atoms with Crippen molar-refractivity contribution in [1.29, 1.82) is 0 Å². The summed E-state index contributed by atoms with van der Waals surface area (Å²) in [5.41, 5.74) is 1.41. The topological polar surface area (TPSA) is 29.5 Å². The van der Waals surface area contributed by atoms with Crippen LogP contribution < -0.4 is 9.64 Å². The summed E-state index contributed by atoms with van der Waals surface area (Å²) in [5, 5.41) is 1.26. The molecule has 0 spiro atoms. The van der Waals surface area contributed by atoms with Gasteiger partial charge in [0.1, 0.15) is 5.75 Å². The van der Waals surface area contributed by atoms with Crippen LogP contribution in [0.25, 0.3) is 0 Å². The Labute approximate surface area is 152 Å². The van der Waals surface area contributed by atoms with Crippen LogP contribution in [-0.2, 0) is 11.3 Å². The summed E-state index contributed by atoms with van der Waals surface area (Å²) in [6.45, 7) is 6.43. The maximum atomic E-state index is 13.0. The first-order valence-corrected chi connectivity index (χ1v) is 8.53. The Kier molecular flexibility index (Phi) is 4.50. The molecule has 1 heterocycles. The van der Waals surface area contributed by atoms with Gasteiger partial charge in [0.25, 0.3) is 5.91 Å². The molecule has 0 saturated heterocycles. The molecule has 2 aromatic rings. The van der Waals surface area contributed by atoms with Crippen molar-refractivity contribution in [2.75, 3.05) is 4.90 Å². The first-order valence-electron chi connectivity index (χ1n) is 7.78. The second-order valence-electron chi connectivity index (χ2n) is 7.03. The van der Waals surface area contributed by atoms with Gasteiger partial charge in [0.15, 0.2) is 6.10 Å². The van der Waals surface area contributed by atoms with Gasteiger partial charge < -0.3 is 9.64 Å². The van der Waals surface area contributed by atoms with E-state index >= 15 is 0 Å². The lowest BCUT2D eigenvalue weighted by atomic mass is 9.87. The Morgan fingerprint density at radius 2 is 1.67 bits per heavy atom. The summed E-state index contributed by atoms with van der Waals surface area (Å²) in [6, 6.07) is 12.8. The Morgan fingerprint density at radius 1 is 1.04 bits per heavy atom. The van der Waals surface area contributed by atoms with Gasteiger partial charge in [-0.2, -0.15) is 0 Å². The van der Waals surface area contributed by atoms with Gasteiger partial charge in [-0.25, -0.2) is 0 Å². The van der Waals surface area contributed by atoms with Crippen LogP contribution >= 0.6 is 23.2 Å². The van der Waals surface area contributed by atoms with Gasteiger partial charge in [-0.1, -0.05) is 56.1 Å². The highest BCUT2D eigenvalue weighted by atomic mass is 35.5. The van der Waals surface area contributed by atoms with Crippen molar-refractivity contribution in [1.82, 2.24) is 0 Å². The molecule has 3 nitrogen and oxygen atoms in total. The average Bonchev–Trinajstić information content (AvgIpc) is 2.50. The van der Waals surface area contributed by atoms with Crippen molar-refractivity contribution < 1.29 is 9.53 Å². The fourth-order valence-electron chi connectivity index (χ4n) is 2.73. The van der Waals surface area contributed by atoms with Crippen LogP contribution in [0.1, 0.15) is 26.3 Å². The quantitative estimate of drug-likeness (QED) is 0.721. The van der Waals surface area contributed by atoms with Gasteiger partial charge in [-0.15, -0.1) is 0 Å². The number of carbonyl (C=O) groups is 1. The van der Waals surface area contributed by atoms with Gasteiger partial charge >= 0.3 is 0 Å². The molecule has 5 heteroatoms. The van der Waals surface area contributed by atoms with Gasteiger partial charge in [-0.3, -0.25) is 4.79 Å². The van der Waals surface area contributed by atoms with Crippen LogP contribution in [0.4, 0.5) is 5.69 Å². The molecular weight excluding hydrogens is 345 g/mol. The van der Waals surface area contributed by atoms with Crippen molar-refractivity contribution >= 4 is 34.8 Å². The van der Waals surface area contributed by atoms with E-state index in [1.807, 2.05) is 51.1 Å². The molecule has 0 bridgehead atoms. The Hall–Kier alpha value is -1.71. The van der Waals surface area contributed by atoms with Gasteiger partial charge in [0.2, 0.25) is 0 Å². The highest BCUT2D eigenvalue weighted by molar-refractivity contribution is 6.31. The number of nitrogens with zero attached hydrogens (tertiary/aromatic N) is 1. The number of anilines is 1. The van der Waals surface area contributed by atoms with Crippen molar-refractivity contribution in [3.05, 3.63) is 58.1 Å². The second-order valence-corrected chi connectivity index (χ2v) is 7.90. The molecule has 1 aliphatic rings. The molecule has 0 fully saturated rings. The summed E-state index contributed by atoms with van der Waals surface area (Å²) < 4.78 is 5.98. The standard InChI is InChI=1S/C19H19Cl2NO2/c1-19(2,3)17-18(23)22(11-12-4-6-13(20)7-5-12)15-9-8-14(21)10-16(15)24-17/h4-10,17H,11H2,1-3H3/t17-/m1/s1. The summed E-state index contributed by atoms with van der Waals surface area (Å²) in [5.74, 6) is 0.586. The van der Waals surface area contributed by atoms with Crippen LogP contribution in [0.2, 0.25) is 10.0 Å². The Bertz CT molecular complexity index is 766. The highest BCUT2D eigenvalue weighted by Crippen LogP contribution is 2.40. The van der Waals surface area contributed by atoms with E-state index in [0.29, 0.717) is 22.3 Å². The number of hydrogen-bond donors (Lipinski definition) is 0. The van der Waals surface area contributed by atoms with Crippen molar-refractivity contribution in [2.45, 2.75) is 33.4 Å². The van der Waals surface area contributed by atoms with Gasteiger partial charge in [0.05, 0.1) is 12.2 Å². The zero-order valence-electron chi connectivity index (χ0n) is 13.8. The lowest BCUT2D eigenvalue weighted by molar-refractivity contribution is -0.131. The molecule has 0 aromatic heterocycles. The number of ether oxygens (including phenoxy) is 1. The predicted octanol–water partition coefficient (Wildman–Crippen LogP) is 5.33. The molecule has 0 unspecified atom stereocenters. The van der Waals surface area contributed by atoms with Gasteiger partial charge in [-0.05, 0) is 29.8 Å². The molecule has 24 heavy (non-hydrogen) atoms. The molecule has 2 aromatic carbocycles. The van der Waals surface area contributed by atoms with E-state index in [-0.39, 0.29) is 11.3 Å². The Morgan fingerprint density at radius 3 is 2.29 bits per heavy atom. The van der Waals surface area contributed by atoms with E-state index in [4.69, 9.17) is 27.9 Å². The predicted molar refractivity (Wildman–Crippen MR) is 98.0 cm³/mol. The fraction of sp³-hybridized carbons (Fsp3) is 0.316. The summed E-state index contributed by atoms with van der Waals surface area (Å²) in [6.07, 6.45) is -0.559. The third kappa shape index (κ3) is 3.38. The van der Waals surface area contributed by atoms with E-state index in [2.05, 4.69) is 0 Å². The molecule has 3 rings (SSSR count). The summed E-state index contributed by atoms with van der Waals surface area (Å²) in [4.78, 5) is 14.8. The molecular formula is C19H19Cl2NO2. The van der Waals surface area contributed by atoms with E-state index in [1.54, 1.807) is 17.0 Å². The Balaban J connectivity index is 2.02. The molecule has 0 N–H and O–H groups in total. The maximum Gasteiger partial charge on any atom is 0.269 e. The van der Waals surface area contributed by atoms with Crippen molar-refractivity contribution in [2.24, 2.45) is 5.41 Å². The lowest BCUT2D eigenvalue weighted by Crippen LogP contribution is -2.51. The monoisotopic (exact) mass is 363 g/mol. The highest BCUT2D eigenvalue weighted by Gasteiger charge is 2.41. The third-order valence-electron chi connectivity index (χ3n) is 3.99. The number of rotatable bonds is 2. The van der Waals surface area contributed by atoms with Crippen LogP contribution in [-0.4, -0.2) is 12.0 Å². The van der Waals surface area contributed by atoms with Crippen LogP contribution in [0.5, 0.6) is 5.75 Å². The maximum absolute atomic E-state index is 13.0. The van der Waals surface area contributed by atoms with Crippen LogP contribution in [0.3, 0.4) is 0 Å². The average molecular weight is 364 g/mol. The fourth-order valence-corrected chi connectivity index (χ4v) is 3.01. The minimum absolute atomic E-state index is 0.0488. The minimum atomic E-state index is -0.559. The molecule has 0 aliphatic carbocycles. The molecule has 0 saturated carbocycles. The third-order valence-corrected chi connectivity index (χ3v) is 4.48. The van der Waals surface area contributed by atoms with Crippen LogP contribution in [0.15, 0.2) is 42.5 Å². The number of fused-ring (bicyclic) bond motifs is 1. The second kappa shape index (κ2) is 6.30. The molecule has 1 amide bonds. The van der Waals surface area contributed by atoms with E-state index in [9.17, 15) is 4.79 Å². The first kappa shape index (κ1) is 17.1. The SMILES string of the molecule is CC(C)(C)[C@@H]1Oc2cc(Cl)ccc2N(Cc2ccc(Cl)cc2)C1=O. The lowest BCUT2D eigenvalue weighted by Gasteiger charge is -2.39. The summed E-state index contributed by atoms with van der Waals surface area (Å²) in [7, 11) is 0. The van der Waals surface area contributed by atoms with E-state index in [1.165, 1.54) is 0 Å². The first-order chi connectivity index (χ1) is 11.3. The zero-order valence-corrected chi connectivity index (χ0v) is 15.4. The molecule has 1 atom stereocenters. The number of halogens is 2. The largest absolute Gasteiger partial charge is 0.478 e. The minimum Gasteiger partial charge on any atom is -0.478 e. The summed E-state index contributed by atoms with van der Waals surface area (Å²) >= 11 is 12.1. The number of benzene rings is 2. The number of amides is 1. The number of carbonyl (C=O) groups excluding carboxylic acids is 1. The van der Waals surface area contributed by atoms with Crippen LogP contribution in [0, 0.1) is 5.41 Å².